The van der Waals surface area contributed by atoms with E-state index >= 15 is 0 Å². The van der Waals surface area contributed by atoms with Crippen molar-refractivity contribution in [3.05, 3.63) is 40.1 Å². The summed E-state index contributed by atoms with van der Waals surface area (Å²) in [6.45, 7) is 1.64. The van der Waals surface area contributed by atoms with Crippen LogP contribution >= 0.6 is 15.9 Å². The van der Waals surface area contributed by atoms with E-state index in [2.05, 4.69) is 15.9 Å². The lowest BCUT2D eigenvalue weighted by Gasteiger charge is -2.22. The summed E-state index contributed by atoms with van der Waals surface area (Å²) in [5, 5.41) is 18.2. The summed E-state index contributed by atoms with van der Waals surface area (Å²) in [5.74, 6) is 0.123. The Bertz CT molecular complexity index is 515. The quantitative estimate of drug-likeness (QED) is 0.899. The molecule has 1 unspecified atom stereocenters. The van der Waals surface area contributed by atoms with Crippen LogP contribution in [-0.2, 0) is 0 Å². The smallest absolute Gasteiger partial charge is 0.132 e. The van der Waals surface area contributed by atoms with Crippen LogP contribution in [0.25, 0.3) is 5.57 Å². The third kappa shape index (κ3) is 2.03. The molecule has 96 valence electrons. The Morgan fingerprint density at radius 1 is 1.50 bits per heavy atom. The van der Waals surface area contributed by atoms with Crippen molar-refractivity contribution in [3.63, 3.8) is 0 Å². The van der Waals surface area contributed by atoms with Crippen LogP contribution < -0.4 is 0 Å². The third-order valence-electron chi connectivity index (χ3n) is 3.07. The maximum absolute atomic E-state index is 13.0. The number of nitrogens with one attached hydrogen (secondary N) is 1. The zero-order valence-electron chi connectivity index (χ0n) is 9.95. The number of aliphatic hydroxyl groups is 1. The van der Waals surface area contributed by atoms with Crippen molar-refractivity contribution in [3.8, 4) is 0 Å². The maximum atomic E-state index is 13.0. The molecule has 5 heteroatoms. The van der Waals surface area contributed by atoms with Gasteiger partial charge in [0.05, 0.1) is 5.57 Å². The normalized spacial score (nSPS) is 19.8. The molecular weight excluding hydrogens is 299 g/mol. The molecule has 1 aliphatic rings. The third-order valence-corrected chi connectivity index (χ3v) is 3.57. The second-order valence-corrected chi connectivity index (χ2v) is 4.99. The van der Waals surface area contributed by atoms with Gasteiger partial charge in [0.15, 0.2) is 0 Å². The SMILES string of the molecule is CCN1C(=N)C(c2cccc(Br)c2)=C(O)C1CF. The van der Waals surface area contributed by atoms with E-state index < -0.39 is 12.7 Å². The van der Waals surface area contributed by atoms with E-state index in [0.717, 1.165) is 10.0 Å². The Hall–Kier alpha value is -1.36. The van der Waals surface area contributed by atoms with Crippen LogP contribution in [0.1, 0.15) is 12.5 Å². The van der Waals surface area contributed by atoms with Crippen LogP contribution in [0.4, 0.5) is 4.39 Å². The van der Waals surface area contributed by atoms with Crippen molar-refractivity contribution >= 4 is 27.3 Å². The van der Waals surface area contributed by atoms with Gasteiger partial charge in [0.1, 0.15) is 24.3 Å². The molecule has 0 saturated carbocycles. The largest absolute Gasteiger partial charge is 0.509 e. The number of hydrogen-bond acceptors (Lipinski definition) is 2. The molecule has 1 heterocycles. The molecule has 1 aromatic rings. The van der Waals surface area contributed by atoms with Crippen molar-refractivity contribution in [2.24, 2.45) is 0 Å². The van der Waals surface area contributed by atoms with Gasteiger partial charge in [-0.05, 0) is 24.6 Å². The Labute approximate surface area is 114 Å². The van der Waals surface area contributed by atoms with E-state index in [1.54, 1.807) is 11.0 Å². The molecule has 0 radical (unpaired) electrons. The fourth-order valence-corrected chi connectivity index (χ4v) is 2.60. The van der Waals surface area contributed by atoms with Crippen LogP contribution in [0.5, 0.6) is 0 Å². The number of nitrogens with zero attached hydrogens (tertiary/aromatic N) is 1. The van der Waals surface area contributed by atoms with E-state index in [1.165, 1.54) is 0 Å². The minimum absolute atomic E-state index is 0.0533. The zero-order chi connectivity index (χ0) is 13.3. The van der Waals surface area contributed by atoms with Gasteiger partial charge >= 0.3 is 0 Å². The van der Waals surface area contributed by atoms with Gasteiger partial charge in [-0.1, -0.05) is 28.1 Å². The first-order valence-corrected chi connectivity index (χ1v) is 6.50. The predicted octanol–water partition coefficient (Wildman–Crippen LogP) is 3.37. The molecule has 0 spiro atoms. The van der Waals surface area contributed by atoms with Crippen molar-refractivity contribution in [2.45, 2.75) is 13.0 Å². The molecule has 0 aromatic heterocycles. The van der Waals surface area contributed by atoms with Gasteiger partial charge < -0.3 is 10.0 Å². The molecule has 0 saturated heterocycles. The number of halogens is 2. The summed E-state index contributed by atoms with van der Waals surface area (Å²) in [5.41, 5.74) is 1.14. The molecule has 0 bridgehead atoms. The highest BCUT2D eigenvalue weighted by molar-refractivity contribution is 9.10. The van der Waals surface area contributed by atoms with Gasteiger partial charge in [-0.25, -0.2) is 4.39 Å². The monoisotopic (exact) mass is 312 g/mol. The number of rotatable bonds is 3. The number of amidine groups is 1. The molecular formula is C13H14BrFN2O. The van der Waals surface area contributed by atoms with E-state index in [4.69, 9.17) is 5.41 Å². The average molecular weight is 313 g/mol. The summed E-state index contributed by atoms with van der Waals surface area (Å²) < 4.78 is 13.8. The Morgan fingerprint density at radius 3 is 2.72 bits per heavy atom. The second-order valence-electron chi connectivity index (χ2n) is 4.08. The second kappa shape index (κ2) is 5.10. The summed E-state index contributed by atoms with van der Waals surface area (Å²) in [6.07, 6.45) is 0. The highest BCUT2D eigenvalue weighted by atomic mass is 79.9. The standard InChI is InChI=1S/C13H14BrFN2O/c1-2-17-10(7-15)12(18)11(13(17)16)8-4-3-5-9(14)6-8/h3-6,10,16,18H,2,7H2,1H3. The molecule has 0 aliphatic carbocycles. The van der Waals surface area contributed by atoms with E-state index in [1.807, 2.05) is 25.1 Å². The summed E-state index contributed by atoms with van der Waals surface area (Å²) in [6, 6.07) is 6.58. The minimum atomic E-state index is -0.725. The number of likely N-dealkylation sites (N-methyl/N-ethyl adjacent to an activating group) is 1. The molecule has 0 fully saturated rings. The van der Waals surface area contributed by atoms with Crippen molar-refractivity contribution < 1.29 is 9.50 Å². The maximum Gasteiger partial charge on any atom is 0.132 e. The Morgan fingerprint density at radius 2 is 2.22 bits per heavy atom. The molecule has 1 aromatic carbocycles. The first kappa shape index (κ1) is 13.1. The first-order valence-electron chi connectivity index (χ1n) is 5.70. The Kier molecular flexibility index (Phi) is 3.71. The lowest BCUT2D eigenvalue weighted by Crippen LogP contribution is -2.36. The van der Waals surface area contributed by atoms with Crippen molar-refractivity contribution in [1.82, 2.24) is 4.90 Å². The fraction of sp³-hybridized carbons (Fsp3) is 0.308. The molecule has 2 N–H and O–H groups in total. The number of aliphatic hydroxyl groups excluding tert-OH is 1. The first-order chi connectivity index (χ1) is 8.60. The lowest BCUT2D eigenvalue weighted by atomic mass is 10.0. The Balaban J connectivity index is 2.49. The number of benzene rings is 1. The zero-order valence-corrected chi connectivity index (χ0v) is 11.5. The summed E-state index contributed by atoms with van der Waals surface area (Å²) in [7, 11) is 0. The van der Waals surface area contributed by atoms with Crippen LogP contribution in [-0.4, -0.2) is 35.1 Å². The van der Waals surface area contributed by atoms with Crippen LogP contribution in [0, 0.1) is 5.41 Å². The minimum Gasteiger partial charge on any atom is -0.509 e. The summed E-state index contributed by atoms with van der Waals surface area (Å²) >= 11 is 3.35. The van der Waals surface area contributed by atoms with Gasteiger partial charge in [-0.3, -0.25) is 5.41 Å². The molecule has 1 aliphatic heterocycles. The van der Waals surface area contributed by atoms with Crippen LogP contribution in [0.3, 0.4) is 0 Å². The van der Waals surface area contributed by atoms with Gasteiger partial charge in [0.2, 0.25) is 0 Å². The highest BCUT2D eigenvalue weighted by Crippen LogP contribution is 2.32. The van der Waals surface area contributed by atoms with Crippen molar-refractivity contribution in [1.29, 1.82) is 5.41 Å². The van der Waals surface area contributed by atoms with Crippen LogP contribution in [0.2, 0.25) is 0 Å². The molecule has 2 rings (SSSR count). The molecule has 3 nitrogen and oxygen atoms in total. The lowest BCUT2D eigenvalue weighted by molar-refractivity contribution is 0.237. The molecule has 1 atom stereocenters. The fourth-order valence-electron chi connectivity index (χ4n) is 2.20. The van der Waals surface area contributed by atoms with Gasteiger partial charge in [-0.15, -0.1) is 0 Å². The van der Waals surface area contributed by atoms with E-state index in [-0.39, 0.29) is 11.6 Å². The van der Waals surface area contributed by atoms with Crippen LogP contribution in [0.15, 0.2) is 34.5 Å². The number of hydrogen-bond donors (Lipinski definition) is 2. The van der Waals surface area contributed by atoms with Crippen molar-refractivity contribution in [2.75, 3.05) is 13.2 Å². The van der Waals surface area contributed by atoms with Gasteiger partial charge in [-0.2, -0.15) is 0 Å². The van der Waals surface area contributed by atoms with Gasteiger partial charge in [0, 0.05) is 11.0 Å². The number of alkyl halides is 1. The molecule has 18 heavy (non-hydrogen) atoms. The van der Waals surface area contributed by atoms with Gasteiger partial charge in [0.25, 0.3) is 0 Å². The highest BCUT2D eigenvalue weighted by Gasteiger charge is 2.36. The molecule has 0 amide bonds. The van der Waals surface area contributed by atoms with E-state index in [9.17, 15) is 9.50 Å². The predicted molar refractivity (Wildman–Crippen MR) is 73.6 cm³/mol. The summed E-state index contributed by atoms with van der Waals surface area (Å²) in [4.78, 5) is 1.56. The van der Waals surface area contributed by atoms with E-state index in [0.29, 0.717) is 12.1 Å². The average Bonchev–Trinajstić information content (AvgIpc) is 2.59. The topological polar surface area (TPSA) is 47.3 Å².